The quantitative estimate of drug-likeness (QED) is 0.608. The molecule has 2 heteroatoms. The Labute approximate surface area is 78.0 Å². The maximum absolute atomic E-state index is 5.65. The van der Waals surface area contributed by atoms with E-state index in [9.17, 15) is 0 Å². The SMILES string of the molecule is C=CC(=CC=C(C)Cl)CSC. The summed E-state index contributed by atoms with van der Waals surface area (Å²) in [5, 5.41) is 0.797. The van der Waals surface area contributed by atoms with E-state index in [0.717, 1.165) is 10.8 Å². The van der Waals surface area contributed by atoms with E-state index in [1.165, 1.54) is 5.57 Å². The highest BCUT2D eigenvalue weighted by molar-refractivity contribution is 7.98. The Morgan fingerprint density at radius 3 is 2.55 bits per heavy atom. The fourth-order valence-corrected chi connectivity index (χ4v) is 1.17. The van der Waals surface area contributed by atoms with Gasteiger partial charge in [-0.15, -0.1) is 0 Å². The topological polar surface area (TPSA) is 0 Å². The van der Waals surface area contributed by atoms with Gasteiger partial charge in [0.2, 0.25) is 0 Å². The van der Waals surface area contributed by atoms with Gasteiger partial charge < -0.3 is 0 Å². The monoisotopic (exact) mass is 188 g/mol. The van der Waals surface area contributed by atoms with Crippen LogP contribution in [0.4, 0.5) is 0 Å². The molecule has 0 radical (unpaired) electrons. The number of hydrogen-bond acceptors (Lipinski definition) is 1. The minimum absolute atomic E-state index is 0.797. The van der Waals surface area contributed by atoms with Gasteiger partial charge in [0.05, 0.1) is 0 Å². The van der Waals surface area contributed by atoms with Crippen LogP contribution in [0.5, 0.6) is 0 Å². The van der Waals surface area contributed by atoms with Gasteiger partial charge in [-0.3, -0.25) is 0 Å². The van der Waals surface area contributed by atoms with Crippen LogP contribution < -0.4 is 0 Å². The van der Waals surface area contributed by atoms with Crippen LogP contribution in [0.25, 0.3) is 0 Å². The van der Waals surface area contributed by atoms with Crippen molar-refractivity contribution in [3.8, 4) is 0 Å². The molecule has 0 saturated carbocycles. The van der Waals surface area contributed by atoms with Gasteiger partial charge in [-0.2, -0.15) is 11.8 Å². The van der Waals surface area contributed by atoms with Crippen molar-refractivity contribution in [2.45, 2.75) is 6.92 Å². The average Bonchev–Trinajstić information content (AvgIpc) is 1.97. The molecule has 0 saturated heterocycles. The molecule has 0 aromatic carbocycles. The Bertz CT molecular complexity index is 176. The van der Waals surface area contributed by atoms with Gasteiger partial charge in [0, 0.05) is 10.8 Å². The van der Waals surface area contributed by atoms with E-state index >= 15 is 0 Å². The van der Waals surface area contributed by atoms with Gasteiger partial charge in [-0.05, 0) is 24.8 Å². The third kappa shape index (κ3) is 6.27. The molecule has 0 aromatic rings. The lowest BCUT2D eigenvalue weighted by atomic mass is 10.3. The van der Waals surface area contributed by atoms with E-state index in [4.69, 9.17) is 11.6 Å². The summed E-state index contributed by atoms with van der Waals surface area (Å²) in [6.45, 7) is 5.56. The van der Waals surface area contributed by atoms with Gasteiger partial charge in [0.15, 0.2) is 0 Å². The van der Waals surface area contributed by atoms with Gasteiger partial charge in [-0.25, -0.2) is 0 Å². The summed E-state index contributed by atoms with van der Waals surface area (Å²) in [7, 11) is 0. The van der Waals surface area contributed by atoms with Crippen LogP contribution in [0.15, 0.2) is 35.4 Å². The van der Waals surface area contributed by atoms with E-state index in [1.807, 2.05) is 25.2 Å². The number of allylic oxidation sites excluding steroid dienone is 4. The Morgan fingerprint density at radius 2 is 2.18 bits per heavy atom. The van der Waals surface area contributed by atoms with E-state index in [-0.39, 0.29) is 0 Å². The van der Waals surface area contributed by atoms with Crippen molar-refractivity contribution in [1.82, 2.24) is 0 Å². The summed E-state index contributed by atoms with van der Waals surface area (Å²) in [6.07, 6.45) is 7.79. The van der Waals surface area contributed by atoms with Crippen LogP contribution in [0.1, 0.15) is 6.92 Å². The lowest BCUT2D eigenvalue weighted by molar-refractivity contribution is 1.54. The number of hydrogen-bond donors (Lipinski definition) is 0. The smallest absolute Gasteiger partial charge is 0.0181 e. The van der Waals surface area contributed by atoms with Crippen molar-refractivity contribution >= 4 is 23.4 Å². The average molecular weight is 189 g/mol. The molecular weight excluding hydrogens is 176 g/mol. The van der Waals surface area contributed by atoms with Crippen LogP contribution in [0.3, 0.4) is 0 Å². The lowest BCUT2D eigenvalue weighted by Crippen LogP contribution is -1.79. The molecule has 62 valence electrons. The highest BCUT2D eigenvalue weighted by Gasteiger charge is 1.86. The zero-order valence-corrected chi connectivity index (χ0v) is 8.50. The first-order valence-corrected chi connectivity index (χ1v) is 5.12. The molecule has 0 unspecified atom stereocenters. The molecule has 0 rings (SSSR count). The molecule has 0 atom stereocenters. The van der Waals surface area contributed by atoms with E-state index in [1.54, 1.807) is 11.8 Å². The molecule has 0 N–H and O–H groups in total. The second-order valence-corrected chi connectivity index (χ2v) is 3.59. The maximum Gasteiger partial charge on any atom is 0.0181 e. The molecule has 0 amide bonds. The zero-order chi connectivity index (χ0) is 8.69. The third-order valence-electron chi connectivity index (χ3n) is 1.10. The number of thioether (sulfide) groups is 1. The summed E-state index contributed by atoms with van der Waals surface area (Å²) >= 11 is 7.43. The predicted octanol–water partition coefficient (Wildman–Crippen LogP) is 3.60. The van der Waals surface area contributed by atoms with Crippen LogP contribution in [0.2, 0.25) is 0 Å². The van der Waals surface area contributed by atoms with Crippen molar-refractivity contribution in [3.63, 3.8) is 0 Å². The molecule has 0 nitrogen and oxygen atoms in total. The summed E-state index contributed by atoms with van der Waals surface area (Å²) < 4.78 is 0. The summed E-state index contributed by atoms with van der Waals surface area (Å²) in [5.41, 5.74) is 1.21. The van der Waals surface area contributed by atoms with Crippen molar-refractivity contribution in [1.29, 1.82) is 0 Å². The highest BCUT2D eigenvalue weighted by atomic mass is 35.5. The standard InChI is InChI=1S/C9H13ClS/c1-4-9(7-11-3)6-5-8(2)10/h4-6H,1,7H2,2-3H3. The van der Waals surface area contributed by atoms with Crippen molar-refractivity contribution in [3.05, 3.63) is 35.4 Å². The van der Waals surface area contributed by atoms with Gasteiger partial charge >= 0.3 is 0 Å². The normalized spacial score (nSPS) is 13.4. The summed E-state index contributed by atoms with van der Waals surface area (Å²) in [5.74, 6) is 0.990. The minimum atomic E-state index is 0.797. The highest BCUT2D eigenvalue weighted by Crippen LogP contribution is 2.07. The van der Waals surface area contributed by atoms with Gasteiger partial charge in [0.25, 0.3) is 0 Å². The van der Waals surface area contributed by atoms with E-state index < -0.39 is 0 Å². The summed E-state index contributed by atoms with van der Waals surface area (Å²) in [6, 6.07) is 0. The molecule has 0 aliphatic heterocycles. The van der Waals surface area contributed by atoms with Crippen LogP contribution in [0, 0.1) is 0 Å². The zero-order valence-electron chi connectivity index (χ0n) is 6.93. The molecule has 0 spiro atoms. The molecule has 0 fully saturated rings. The Hall–Kier alpha value is -0.140. The fourth-order valence-electron chi connectivity index (χ4n) is 0.564. The Morgan fingerprint density at radius 1 is 1.55 bits per heavy atom. The molecule has 0 bridgehead atoms. The Kier molecular flexibility index (Phi) is 6.48. The maximum atomic E-state index is 5.65. The van der Waals surface area contributed by atoms with Crippen LogP contribution >= 0.6 is 23.4 Å². The Balaban J connectivity index is 4.11. The van der Waals surface area contributed by atoms with Crippen LogP contribution in [-0.2, 0) is 0 Å². The molecule has 0 aliphatic rings. The fraction of sp³-hybridized carbons (Fsp3) is 0.333. The first kappa shape index (κ1) is 10.9. The summed E-state index contributed by atoms with van der Waals surface area (Å²) in [4.78, 5) is 0. The molecule has 11 heavy (non-hydrogen) atoms. The second kappa shape index (κ2) is 6.56. The van der Waals surface area contributed by atoms with Crippen molar-refractivity contribution in [2.24, 2.45) is 0 Å². The third-order valence-corrected chi connectivity index (χ3v) is 1.85. The van der Waals surface area contributed by atoms with Crippen molar-refractivity contribution in [2.75, 3.05) is 12.0 Å². The van der Waals surface area contributed by atoms with E-state index in [2.05, 4.69) is 12.8 Å². The lowest BCUT2D eigenvalue weighted by Gasteiger charge is -1.95. The first-order chi connectivity index (χ1) is 5.20. The van der Waals surface area contributed by atoms with Gasteiger partial charge in [0.1, 0.15) is 0 Å². The van der Waals surface area contributed by atoms with E-state index in [0.29, 0.717) is 0 Å². The largest absolute Gasteiger partial charge is 0.161 e. The van der Waals surface area contributed by atoms with Gasteiger partial charge in [-0.1, -0.05) is 30.3 Å². The number of rotatable bonds is 4. The predicted molar refractivity (Wildman–Crippen MR) is 56.3 cm³/mol. The van der Waals surface area contributed by atoms with Crippen molar-refractivity contribution < 1.29 is 0 Å². The molecular formula is C9H13ClS. The minimum Gasteiger partial charge on any atom is -0.161 e. The second-order valence-electron chi connectivity index (χ2n) is 2.13. The number of halogens is 1. The molecule has 0 heterocycles. The van der Waals surface area contributed by atoms with Crippen LogP contribution in [-0.4, -0.2) is 12.0 Å². The molecule has 0 aliphatic carbocycles. The first-order valence-electron chi connectivity index (χ1n) is 3.35. The molecule has 0 aromatic heterocycles.